The largest absolute Gasteiger partial charge is 0.394 e. The van der Waals surface area contributed by atoms with Crippen LogP contribution in [0.3, 0.4) is 0 Å². The molecule has 0 aliphatic carbocycles. The van der Waals surface area contributed by atoms with Gasteiger partial charge >= 0.3 is 0 Å². The van der Waals surface area contributed by atoms with Crippen molar-refractivity contribution in [3.05, 3.63) is 0 Å². The van der Waals surface area contributed by atoms with Crippen LogP contribution in [0.4, 0.5) is 0 Å². The summed E-state index contributed by atoms with van der Waals surface area (Å²) in [5.41, 5.74) is 0. The van der Waals surface area contributed by atoms with Gasteiger partial charge in [0.25, 0.3) is 0 Å². The van der Waals surface area contributed by atoms with E-state index in [1.54, 1.807) is 0 Å². The second-order valence-corrected chi connectivity index (χ2v) is 16.0. The van der Waals surface area contributed by atoms with Gasteiger partial charge in [0.05, 0.1) is 25.4 Å². The first-order chi connectivity index (χ1) is 25.8. The highest BCUT2D eigenvalue weighted by Crippen LogP contribution is 2.23. The Balaban J connectivity index is 2.41. The number of hydrogen-bond acceptors (Lipinski definition) is 9. The number of unbranched alkanes of at least 4 members (excludes halogenated alkanes) is 26. The maximum atomic E-state index is 13.0. The molecule has 0 saturated carbocycles. The summed E-state index contributed by atoms with van der Waals surface area (Å²) in [4.78, 5) is 13.0. The number of aliphatic hydroxyl groups is 6. The number of carbonyl (C=O) groups is 1. The quantitative estimate of drug-likeness (QED) is 0.0313. The number of nitrogens with one attached hydrogen (secondary N) is 1. The Morgan fingerprint density at radius 2 is 0.981 bits per heavy atom. The highest BCUT2D eigenvalue weighted by Gasteiger charge is 2.44. The maximum Gasteiger partial charge on any atom is 0.220 e. The predicted molar refractivity (Wildman–Crippen MR) is 214 cm³/mol. The molecular formula is C43H85NO9. The number of ether oxygens (including phenoxy) is 2. The van der Waals surface area contributed by atoms with Gasteiger partial charge in [0, 0.05) is 6.42 Å². The van der Waals surface area contributed by atoms with Crippen LogP contribution in [0.5, 0.6) is 0 Å². The molecule has 316 valence electrons. The van der Waals surface area contributed by atoms with E-state index in [1.807, 2.05) is 0 Å². The van der Waals surface area contributed by atoms with Crippen molar-refractivity contribution in [2.24, 2.45) is 0 Å². The topological polar surface area (TPSA) is 169 Å². The molecule has 1 rings (SSSR count). The lowest BCUT2D eigenvalue weighted by molar-refractivity contribution is -0.303. The molecule has 0 radical (unpaired) electrons. The molecule has 1 heterocycles. The summed E-state index contributed by atoms with van der Waals surface area (Å²) >= 11 is 0. The normalized spacial score (nSPS) is 22.2. The molecule has 1 amide bonds. The third-order valence-electron chi connectivity index (χ3n) is 11.1. The lowest BCUT2D eigenvalue weighted by Gasteiger charge is -2.40. The van der Waals surface area contributed by atoms with Gasteiger partial charge in [0.1, 0.15) is 30.5 Å². The summed E-state index contributed by atoms with van der Waals surface area (Å²) in [5, 5.41) is 65.0. The van der Waals surface area contributed by atoms with Crippen molar-refractivity contribution < 1.29 is 44.9 Å². The highest BCUT2D eigenvalue weighted by molar-refractivity contribution is 5.76. The van der Waals surface area contributed by atoms with Crippen LogP contribution in [0.25, 0.3) is 0 Å². The molecule has 0 spiro atoms. The van der Waals surface area contributed by atoms with Crippen LogP contribution >= 0.6 is 0 Å². The molecule has 0 bridgehead atoms. The Bertz CT molecular complexity index is 819. The Labute approximate surface area is 324 Å². The standard InChI is InChI=1S/C43H85NO9/c1-3-5-7-9-11-13-15-17-18-20-22-24-26-28-30-32-38(47)44-35(34-52-43-42(51)41(50)40(49)37(33-45)53-43)39(48)36(46)31-29-27-25-23-21-19-16-14-12-10-8-6-4-2/h35-37,39-43,45-46,48-51H,3-34H2,1-2H3,(H,44,47)/t35-,36+,37+,39-,40-,41?,42?,43+/m0/s1. The van der Waals surface area contributed by atoms with E-state index in [2.05, 4.69) is 19.2 Å². The van der Waals surface area contributed by atoms with E-state index in [4.69, 9.17) is 9.47 Å². The first-order valence-electron chi connectivity index (χ1n) is 22.3. The fourth-order valence-corrected chi connectivity index (χ4v) is 7.38. The zero-order valence-corrected chi connectivity index (χ0v) is 34.2. The smallest absolute Gasteiger partial charge is 0.220 e. The molecular weight excluding hydrogens is 674 g/mol. The lowest BCUT2D eigenvalue weighted by Crippen LogP contribution is -2.60. The molecule has 0 aromatic rings. The zero-order chi connectivity index (χ0) is 38.9. The molecule has 1 saturated heterocycles. The second-order valence-electron chi connectivity index (χ2n) is 16.0. The molecule has 2 unspecified atom stereocenters. The van der Waals surface area contributed by atoms with Crippen LogP contribution in [0, 0.1) is 0 Å². The van der Waals surface area contributed by atoms with E-state index in [0.29, 0.717) is 6.42 Å². The third-order valence-corrected chi connectivity index (χ3v) is 11.1. The first kappa shape index (κ1) is 50.2. The van der Waals surface area contributed by atoms with E-state index in [1.165, 1.54) is 135 Å². The molecule has 7 N–H and O–H groups in total. The summed E-state index contributed by atoms with van der Waals surface area (Å²) in [5.74, 6) is -0.255. The van der Waals surface area contributed by atoms with E-state index >= 15 is 0 Å². The van der Waals surface area contributed by atoms with E-state index in [-0.39, 0.29) is 18.9 Å². The van der Waals surface area contributed by atoms with Crippen molar-refractivity contribution >= 4 is 5.91 Å². The minimum atomic E-state index is -1.60. The highest BCUT2D eigenvalue weighted by atomic mass is 16.7. The molecule has 1 aliphatic heterocycles. The molecule has 1 fully saturated rings. The van der Waals surface area contributed by atoms with Gasteiger partial charge in [-0.15, -0.1) is 0 Å². The van der Waals surface area contributed by atoms with E-state index in [9.17, 15) is 35.4 Å². The van der Waals surface area contributed by atoms with Gasteiger partial charge in [0.15, 0.2) is 6.29 Å². The Morgan fingerprint density at radius 3 is 1.40 bits per heavy atom. The summed E-state index contributed by atoms with van der Waals surface area (Å²) in [6.45, 7) is 3.61. The molecule has 1 aliphatic rings. The van der Waals surface area contributed by atoms with Crippen LogP contribution < -0.4 is 5.32 Å². The molecule has 0 aromatic heterocycles. The minimum absolute atomic E-state index is 0.255. The number of aliphatic hydroxyl groups excluding tert-OH is 6. The number of amides is 1. The Hall–Kier alpha value is -0.850. The SMILES string of the molecule is CCCCCCCCCCCCCCCCCC(=O)N[C@@H](CO[C@@H]1O[C@H](CO)[C@H](O)C(O)C1O)[C@H](O)[C@H](O)CCCCCCCCCCCCCCC. The molecule has 10 nitrogen and oxygen atoms in total. The predicted octanol–water partition coefficient (Wildman–Crippen LogP) is 7.75. The van der Waals surface area contributed by atoms with Crippen molar-refractivity contribution in [3.8, 4) is 0 Å². The van der Waals surface area contributed by atoms with Gasteiger partial charge in [-0.05, 0) is 12.8 Å². The summed E-state index contributed by atoms with van der Waals surface area (Å²) in [6, 6.07) is -0.983. The first-order valence-corrected chi connectivity index (χ1v) is 22.3. The molecule has 10 heteroatoms. The van der Waals surface area contributed by atoms with Crippen LogP contribution in [0.2, 0.25) is 0 Å². The zero-order valence-electron chi connectivity index (χ0n) is 34.2. The van der Waals surface area contributed by atoms with Gasteiger partial charge in [-0.3, -0.25) is 4.79 Å². The molecule has 53 heavy (non-hydrogen) atoms. The van der Waals surface area contributed by atoms with Gasteiger partial charge < -0.3 is 45.4 Å². The van der Waals surface area contributed by atoms with E-state index < -0.39 is 55.6 Å². The maximum absolute atomic E-state index is 13.0. The van der Waals surface area contributed by atoms with Crippen molar-refractivity contribution in [1.29, 1.82) is 0 Å². The van der Waals surface area contributed by atoms with Gasteiger partial charge in [-0.1, -0.05) is 187 Å². The summed E-state index contributed by atoms with van der Waals surface area (Å²) in [7, 11) is 0. The molecule has 8 atom stereocenters. The van der Waals surface area contributed by atoms with Gasteiger partial charge in [-0.25, -0.2) is 0 Å². The van der Waals surface area contributed by atoms with Crippen molar-refractivity contribution in [3.63, 3.8) is 0 Å². The summed E-state index contributed by atoms with van der Waals surface area (Å²) in [6.07, 6.45) is 25.3. The van der Waals surface area contributed by atoms with Crippen LogP contribution in [-0.2, 0) is 14.3 Å². The second kappa shape index (κ2) is 34.4. The minimum Gasteiger partial charge on any atom is -0.394 e. The average molecular weight is 760 g/mol. The Morgan fingerprint density at radius 1 is 0.585 bits per heavy atom. The summed E-state index contributed by atoms with van der Waals surface area (Å²) < 4.78 is 11.1. The number of hydrogen-bond donors (Lipinski definition) is 7. The van der Waals surface area contributed by atoms with Gasteiger partial charge in [-0.2, -0.15) is 0 Å². The lowest BCUT2D eigenvalue weighted by atomic mass is 9.98. The fourth-order valence-electron chi connectivity index (χ4n) is 7.38. The van der Waals surface area contributed by atoms with Crippen LogP contribution in [-0.4, -0.2) is 98.7 Å². The fraction of sp³-hybridized carbons (Fsp3) is 0.977. The van der Waals surface area contributed by atoms with Gasteiger partial charge in [0.2, 0.25) is 5.91 Å². The van der Waals surface area contributed by atoms with Crippen LogP contribution in [0.15, 0.2) is 0 Å². The van der Waals surface area contributed by atoms with Crippen LogP contribution in [0.1, 0.15) is 206 Å². The third kappa shape index (κ3) is 25.1. The average Bonchev–Trinajstić information content (AvgIpc) is 3.16. The monoisotopic (exact) mass is 760 g/mol. The molecule has 0 aromatic carbocycles. The van der Waals surface area contributed by atoms with Crippen molar-refractivity contribution in [1.82, 2.24) is 5.32 Å². The number of rotatable bonds is 37. The van der Waals surface area contributed by atoms with E-state index in [0.717, 1.165) is 44.9 Å². The van der Waals surface area contributed by atoms with Crippen molar-refractivity contribution in [2.45, 2.75) is 255 Å². The number of carbonyl (C=O) groups excluding carboxylic acids is 1. The van der Waals surface area contributed by atoms with Crippen molar-refractivity contribution in [2.75, 3.05) is 13.2 Å². The Kier molecular flexibility index (Phi) is 32.6.